The molecule has 1 aromatic rings. The highest BCUT2D eigenvalue weighted by Crippen LogP contribution is 2.51. The van der Waals surface area contributed by atoms with E-state index < -0.39 is 58.6 Å². The maximum Gasteiger partial charge on any atom is 0.408 e. The molecule has 2 saturated carbocycles. The fourth-order valence-corrected chi connectivity index (χ4v) is 6.75. The van der Waals surface area contributed by atoms with Crippen LogP contribution in [0.3, 0.4) is 0 Å². The molecule has 2 N–H and O–H groups in total. The first kappa shape index (κ1) is 38.7. The van der Waals surface area contributed by atoms with Gasteiger partial charge >= 0.3 is 6.09 Å². The third-order valence-corrected chi connectivity index (χ3v) is 9.65. The molecule has 274 valence electrons. The molecule has 0 bridgehead atoms. The van der Waals surface area contributed by atoms with Crippen LogP contribution in [0.25, 0.3) is 0 Å². The second-order valence-corrected chi connectivity index (χ2v) is 16.5. The molecular formula is C38H54N4O8. The van der Waals surface area contributed by atoms with Crippen LogP contribution in [0.4, 0.5) is 4.79 Å². The van der Waals surface area contributed by atoms with Gasteiger partial charge in [-0.25, -0.2) is 4.79 Å². The van der Waals surface area contributed by atoms with Crippen molar-refractivity contribution in [3.63, 3.8) is 0 Å². The number of nitrogens with zero attached hydrogens (tertiary/aromatic N) is 2. The van der Waals surface area contributed by atoms with Gasteiger partial charge in [0.05, 0.1) is 6.04 Å². The Balaban J connectivity index is 1.41. The van der Waals surface area contributed by atoms with E-state index in [0.29, 0.717) is 18.5 Å². The summed E-state index contributed by atoms with van der Waals surface area (Å²) in [4.78, 5) is 96.1. The Bertz CT molecular complexity index is 1470. The summed E-state index contributed by atoms with van der Waals surface area (Å²) in [7, 11) is 3.17. The molecule has 3 fully saturated rings. The minimum absolute atomic E-state index is 0.0212. The van der Waals surface area contributed by atoms with Crippen molar-refractivity contribution in [1.29, 1.82) is 0 Å². The molecule has 0 spiro atoms. The van der Waals surface area contributed by atoms with E-state index in [1.165, 1.54) is 4.90 Å². The van der Waals surface area contributed by atoms with E-state index in [0.717, 1.165) is 19.3 Å². The number of benzene rings is 1. The number of alkyl carbamates (subject to hydrolysis) is 1. The monoisotopic (exact) mass is 694 g/mol. The lowest BCUT2D eigenvalue weighted by Crippen LogP contribution is -2.58. The van der Waals surface area contributed by atoms with E-state index in [1.807, 2.05) is 20.8 Å². The Hall–Kier alpha value is -4.09. The number of hydrogen-bond donors (Lipinski definition) is 2. The number of ketones is 3. The third-order valence-electron chi connectivity index (χ3n) is 9.65. The molecule has 12 heteroatoms. The van der Waals surface area contributed by atoms with Crippen LogP contribution < -0.4 is 10.6 Å². The third kappa shape index (κ3) is 10.2. The van der Waals surface area contributed by atoms with Gasteiger partial charge < -0.3 is 25.2 Å². The van der Waals surface area contributed by atoms with Gasteiger partial charge in [0, 0.05) is 45.8 Å². The van der Waals surface area contributed by atoms with Crippen LogP contribution in [-0.4, -0.2) is 89.3 Å². The second kappa shape index (κ2) is 15.4. The zero-order valence-corrected chi connectivity index (χ0v) is 30.7. The molecule has 4 rings (SSSR count). The van der Waals surface area contributed by atoms with Gasteiger partial charge in [0.2, 0.25) is 23.5 Å². The molecule has 1 unspecified atom stereocenters. The fraction of sp³-hybridized carbons (Fsp3) is 0.658. The molecule has 3 aliphatic rings. The van der Waals surface area contributed by atoms with Gasteiger partial charge in [-0.2, -0.15) is 0 Å². The minimum Gasteiger partial charge on any atom is -0.444 e. The van der Waals surface area contributed by atoms with Gasteiger partial charge in [0.15, 0.2) is 11.6 Å². The summed E-state index contributed by atoms with van der Waals surface area (Å²) in [5.41, 5.74) is -0.848. The highest BCUT2D eigenvalue weighted by Gasteiger charge is 2.58. The number of hydrogen-bond acceptors (Lipinski definition) is 8. The lowest BCUT2D eigenvalue weighted by molar-refractivity contribution is -0.144. The molecule has 2 aliphatic carbocycles. The maximum absolute atomic E-state index is 14.0. The molecule has 0 aromatic heterocycles. The number of amides is 4. The lowest BCUT2D eigenvalue weighted by atomic mass is 9.84. The van der Waals surface area contributed by atoms with Crippen molar-refractivity contribution in [2.24, 2.45) is 29.1 Å². The number of Topliss-reactive ketones (excluding diaryl/α,β-unsaturated/α-hetero) is 3. The largest absolute Gasteiger partial charge is 0.444 e. The number of likely N-dealkylation sites (tertiary alicyclic amines) is 1. The standard InChI is InChI=1S/C38H54N4O8/c1-37(2,3)33(40-36(49)50-38(4,5)6)35(48)42-21-25-19-26(25)31(42)28(44)20-24(18-22-14-15-22)32(46)27(43)16-17-29(45)39-30(34(47)41(7)8)23-12-10-9-11-13-23/h9-13,22,24-26,30-31,33H,14-21H2,1-8H3,(H,39,45)(H,40,49)/t24?,25-,26-,30-,31-,33+/m0/s1. The molecule has 1 saturated heterocycles. The van der Waals surface area contributed by atoms with Crippen LogP contribution in [0.5, 0.6) is 0 Å². The first-order valence-electron chi connectivity index (χ1n) is 17.7. The molecule has 1 aromatic carbocycles. The van der Waals surface area contributed by atoms with Gasteiger partial charge in [-0.05, 0) is 62.3 Å². The van der Waals surface area contributed by atoms with Gasteiger partial charge in [-0.15, -0.1) is 0 Å². The summed E-state index contributed by atoms with van der Waals surface area (Å²) in [5, 5.41) is 5.42. The van der Waals surface area contributed by atoms with E-state index >= 15 is 0 Å². The van der Waals surface area contributed by atoms with Crippen molar-refractivity contribution in [3.8, 4) is 0 Å². The summed E-state index contributed by atoms with van der Waals surface area (Å²) >= 11 is 0. The predicted molar refractivity (Wildman–Crippen MR) is 185 cm³/mol. The molecule has 1 heterocycles. The SMILES string of the molecule is CN(C)C(=O)[C@@H](NC(=O)CCC(=O)C(=O)C(CC(=O)[C@@H]1[C@H]2C[C@H]2CN1C(=O)[C@@H](NC(=O)OC(C)(C)C)C(C)(C)C)CC1CC1)c1ccccc1. The predicted octanol–water partition coefficient (Wildman–Crippen LogP) is 4.01. The van der Waals surface area contributed by atoms with Crippen LogP contribution in [0.15, 0.2) is 30.3 Å². The van der Waals surface area contributed by atoms with E-state index in [9.17, 15) is 33.6 Å². The molecule has 6 atom stereocenters. The average molecular weight is 695 g/mol. The van der Waals surface area contributed by atoms with Gasteiger partial charge in [-0.1, -0.05) is 63.9 Å². The molecule has 4 amide bonds. The van der Waals surface area contributed by atoms with Gasteiger partial charge in [0.1, 0.15) is 17.7 Å². The van der Waals surface area contributed by atoms with Crippen LogP contribution in [0, 0.1) is 29.1 Å². The van der Waals surface area contributed by atoms with E-state index in [2.05, 4.69) is 10.6 Å². The normalized spacial score (nSPS) is 21.6. The Morgan fingerprint density at radius 3 is 2.12 bits per heavy atom. The smallest absolute Gasteiger partial charge is 0.408 e. The Morgan fingerprint density at radius 2 is 1.56 bits per heavy atom. The van der Waals surface area contributed by atoms with Crippen molar-refractivity contribution >= 4 is 41.2 Å². The van der Waals surface area contributed by atoms with Gasteiger partial charge in [-0.3, -0.25) is 28.8 Å². The van der Waals surface area contributed by atoms with Crippen molar-refractivity contribution in [2.75, 3.05) is 20.6 Å². The molecular weight excluding hydrogens is 640 g/mol. The number of carbonyl (C=O) groups is 7. The summed E-state index contributed by atoms with van der Waals surface area (Å²) in [6.07, 6.45) is 1.50. The van der Waals surface area contributed by atoms with E-state index in [1.54, 1.807) is 70.1 Å². The van der Waals surface area contributed by atoms with Gasteiger partial charge in [0.25, 0.3) is 0 Å². The summed E-state index contributed by atoms with van der Waals surface area (Å²) in [5.74, 6) is -3.36. The first-order chi connectivity index (χ1) is 23.3. The lowest BCUT2D eigenvalue weighted by Gasteiger charge is -2.37. The fourth-order valence-electron chi connectivity index (χ4n) is 6.75. The Labute approximate surface area is 295 Å². The number of rotatable bonds is 15. The number of nitrogens with one attached hydrogen (secondary N) is 2. The highest BCUT2D eigenvalue weighted by molar-refractivity contribution is 6.38. The van der Waals surface area contributed by atoms with Crippen LogP contribution in [0.1, 0.15) is 98.1 Å². The molecule has 50 heavy (non-hydrogen) atoms. The number of carbonyl (C=O) groups excluding carboxylic acids is 7. The van der Waals surface area contributed by atoms with Crippen LogP contribution >= 0.6 is 0 Å². The molecule has 1 aliphatic heterocycles. The number of likely N-dealkylation sites (N-methyl/N-ethyl adjacent to an activating group) is 1. The Kier molecular flexibility index (Phi) is 11.9. The van der Waals surface area contributed by atoms with Crippen molar-refractivity contribution in [3.05, 3.63) is 35.9 Å². The van der Waals surface area contributed by atoms with Crippen LogP contribution in [-0.2, 0) is 33.5 Å². The highest BCUT2D eigenvalue weighted by atomic mass is 16.6. The maximum atomic E-state index is 14.0. The number of fused-ring (bicyclic) bond motifs is 1. The first-order valence-corrected chi connectivity index (χ1v) is 17.7. The molecule has 12 nitrogen and oxygen atoms in total. The summed E-state index contributed by atoms with van der Waals surface area (Å²) in [6.45, 7) is 11.1. The summed E-state index contributed by atoms with van der Waals surface area (Å²) in [6, 6.07) is 6.14. The van der Waals surface area contributed by atoms with Crippen LogP contribution in [0.2, 0.25) is 0 Å². The quantitative estimate of drug-likeness (QED) is 0.261. The summed E-state index contributed by atoms with van der Waals surface area (Å²) < 4.78 is 5.42. The number of piperidine rings is 1. The van der Waals surface area contributed by atoms with Crippen molar-refractivity contribution in [2.45, 2.75) is 110 Å². The minimum atomic E-state index is -0.948. The zero-order chi connectivity index (χ0) is 37.1. The van der Waals surface area contributed by atoms with Crippen molar-refractivity contribution in [1.82, 2.24) is 20.4 Å². The Morgan fingerprint density at radius 1 is 0.920 bits per heavy atom. The average Bonchev–Trinajstić information content (AvgIpc) is 3.96. The number of ether oxygens (including phenoxy) is 1. The van der Waals surface area contributed by atoms with E-state index in [4.69, 9.17) is 4.74 Å². The second-order valence-electron chi connectivity index (χ2n) is 16.5. The van der Waals surface area contributed by atoms with Crippen molar-refractivity contribution < 1.29 is 38.3 Å². The molecule has 0 radical (unpaired) electrons. The zero-order valence-electron chi connectivity index (χ0n) is 30.7. The topological polar surface area (TPSA) is 159 Å². The van der Waals surface area contributed by atoms with E-state index in [-0.39, 0.29) is 54.6 Å².